The summed E-state index contributed by atoms with van der Waals surface area (Å²) in [4.78, 5) is 39.1. The maximum absolute atomic E-state index is 13.1. The summed E-state index contributed by atoms with van der Waals surface area (Å²) < 4.78 is 5.57. The molecule has 3 aromatic carbocycles. The van der Waals surface area contributed by atoms with Crippen molar-refractivity contribution in [1.82, 2.24) is 10.2 Å². The predicted octanol–water partition coefficient (Wildman–Crippen LogP) is 3.63. The molecule has 2 aliphatic rings. The maximum Gasteiger partial charge on any atom is 0.331 e. The maximum atomic E-state index is 13.1. The molecule has 3 aromatic rings. The van der Waals surface area contributed by atoms with Crippen LogP contribution in [-0.2, 0) is 14.3 Å². The molecule has 0 aliphatic carbocycles. The summed E-state index contributed by atoms with van der Waals surface area (Å²) in [5.41, 5.74) is 0.739. The molecular weight excluding hydrogens is 380 g/mol. The Morgan fingerprint density at radius 3 is 2.30 bits per heavy atom. The molecule has 0 radical (unpaired) electrons. The van der Waals surface area contributed by atoms with Gasteiger partial charge in [0.05, 0.1) is 12.6 Å². The van der Waals surface area contributed by atoms with Gasteiger partial charge < -0.3 is 4.74 Å². The SMILES string of the molecule is O=C1NC(=O)N(CC2CCCO2)C(=O)/C1=C/c1c2ccccc2cc2ccccc12. The topological polar surface area (TPSA) is 75.7 Å². The van der Waals surface area contributed by atoms with Crippen LogP contribution < -0.4 is 5.32 Å². The minimum Gasteiger partial charge on any atom is -0.376 e. The van der Waals surface area contributed by atoms with E-state index in [-0.39, 0.29) is 18.2 Å². The van der Waals surface area contributed by atoms with Gasteiger partial charge in [0.2, 0.25) is 0 Å². The molecule has 30 heavy (non-hydrogen) atoms. The Morgan fingerprint density at radius 2 is 1.67 bits per heavy atom. The van der Waals surface area contributed by atoms with Gasteiger partial charge in [0.25, 0.3) is 11.8 Å². The number of fused-ring (bicyclic) bond motifs is 2. The van der Waals surface area contributed by atoms with Crippen molar-refractivity contribution in [2.45, 2.75) is 18.9 Å². The molecule has 2 fully saturated rings. The van der Waals surface area contributed by atoms with Gasteiger partial charge in [-0.05, 0) is 52.1 Å². The number of hydrogen-bond acceptors (Lipinski definition) is 4. The first-order chi connectivity index (χ1) is 14.6. The van der Waals surface area contributed by atoms with E-state index in [1.807, 2.05) is 48.5 Å². The second-order valence-corrected chi connectivity index (χ2v) is 7.60. The lowest BCUT2D eigenvalue weighted by Crippen LogP contribution is -2.55. The number of carbonyl (C=O) groups is 3. The van der Waals surface area contributed by atoms with Crippen molar-refractivity contribution in [2.24, 2.45) is 0 Å². The fourth-order valence-electron chi connectivity index (χ4n) is 4.20. The van der Waals surface area contributed by atoms with Crippen LogP contribution in [0.15, 0.2) is 60.2 Å². The van der Waals surface area contributed by atoms with Crippen molar-refractivity contribution < 1.29 is 19.1 Å². The lowest BCUT2D eigenvalue weighted by Gasteiger charge is -2.28. The van der Waals surface area contributed by atoms with E-state index in [2.05, 4.69) is 11.4 Å². The highest BCUT2D eigenvalue weighted by molar-refractivity contribution is 6.31. The molecule has 2 heterocycles. The summed E-state index contributed by atoms with van der Waals surface area (Å²) in [5.74, 6) is -1.26. The second-order valence-electron chi connectivity index (χ2n) is 7.60. The smallest absolute Gasteiger partial charge is 0.331 e. The Hall–Kier alpha value is -3.51. The summed E-state index contributed by atoms with van der Waals surface area (Å²) in [6.45, 7) is 0.767. The molecule has 2 saturated heterocycles. The molecule has 0 saturated carbocycles. The third-order valence-electron chi connectivity index (χ3n) is 5.70. The number of hydrogen-bond donors (Lipinski definition) is 1. The molecule has 1 N–H and O–H groups in total. The molecular formula is C24H20N2O4. The number of amides is 4. The summed E-state index contributed by atoms with van der Waals surface area (Å²) >= 11 is 0. The molecule has 0 aromatic heterocycles. The van der Waals surface area contributed by atoms with E-state index in [9.17, 15) is 14.4 Å². The van der Waals surface area contributed by atoms with Crippen molar-refractivity contribution in [2.75, 3.05) is 13.2 Å². The summed E-state index contributed by atoms with van der Waals surface area (Å²) in [6, 6.07) is 17.1. The lowest BCUT2D eigenvalue weighted by atomic mass is 9.94. The van der Waals surface area contributed by atoms with Crippen molar-refractivity contribution in [1.29, 1.82) is 0 Å². The molecule has 1 atom stereocenters. The third kappa shape index (κ3) is 3.15. The molecule has 4 amide bonds. The van der Waals surface area contributed by atoms with Gasteiger partial charge in [0.15, 0.2) is 0 Å². The van der Waals surface area contributed by atoms with Crippen molar-refractivity contribution in [3.63, 3.8) is 0 Å². The van der Waals surface area contributed by atoms with E-state index >= 15 is 0 Å². The van der Waals surface area contributed by atoms with Gasteiger partial charge in [0.1, 0.15) is 5.57 Å². The number of rotatable bonds is 3. The van der Waals surface area contributed by atoms with Crippen LogP contribution in [0.25, 0.3) is 27.6 Å². The van der Waals surface area contributed by atoms with Gasteiger partial charge in [-0.15, -0.1) is 0 Å². The molecule has 0 bridgehead atoms. The van der Waals surface area contributed by atoms with Gasteiger partial charge in [-0.25, -0.2) is 4.79 Å². The highest BCUT2D eigenvalue weighted by Crippen LogP contribution is 2.31. The van der Waals surface area contributed by atoms with Gasteiger partial charge in [-0.1, -0.05) is 48.5 Å². The fourth-order valence-corrected chi connectivity index (χ4v) is 4.20. The summed E-state index contributed by atoms with van der Waals surface area (Å²) in [7, 11) is 0. The van der Waals surface area contributed by atoms with Crippen LogP contribution in [-0.4, -0.2) is 42.0 Å². The van der Waals surface area contributed by atoms with Crippen LogP contribution >= 0.6 is 0 Å². The minimum absolute atomic E-state index is 0.0471. The van der Waals surface area contributed by atoms with Gasteiger partial charge in [-0.2, -0.15) is 0 Å². The highest BCUT2D eigenvalue weighted by atomic mass is 16.5. The number of barbiturate groups is 1. The molecule has 5 rings (SSSR count). The summed E-state index contributed by atoms with van der Waals surface area (Å²) in [5, 5.41) is 6.20. The van der Waals surface area contributed by atoms with E-state index in [0.29, 0.717) is 6.61 Å². The number of nitrogens with one attached hydrogen (secondary N) is 1. The number of ether oxygens (including phenoxy) is 1. The first-order valence-electron chi connectivity index (χ1n) is 10.0. The quantitative estimate of drug-likeness (QED) is 0.414. The monoisotopic (exact) mass is 400 g/mol. The van der Waals surface area contributed by atoms with Crippen LogP contribution in [0.2, 0.25) is 0 Å². The van der Waals surface area contributed by atoms with Gasteiger partial charge in [-0.3, -0.25) is 19.8 Å². The van der Waals surface area contributed by atoms with E-state index < -0.39 is 17.8 Å². The van der Waals surface area contributed by atoms with E-state index in [1.165, 1.54) is 0 Å². The first-order valence-corrected chi connectivity index (χ1v) is 10.0. The lowest BCUT2D eigenvalue weighted by molar-refractivity contribution is -0.131. The first kappa shape index (κ1) is 18.5. The molecule has 1 unspecified atom stereocenters. The fraction of sp³-hybridized carbons (Fsp3) is 0.208. The van der Waals surface area contributed by atoms with Crippen LogP contribution in [0, 0.1) is 0 Å². The zero-order valence-electron chi connectivity index (χ0n) is 16.3. The minimum atomic E-state index is -0.694. The van der Waals surface area contributed by atoms with E-state index in [0.717, 1.165) is 44.8 Å². The van der Waals surface area contributed by atoms with E-state index in [4.69, 9.17) is 4.74 Å². The Balaban J connectivity index is 1.63. The second kappa shape index (κ2) is 7.39. The molecule has 6 heteroatoms. The highest BCUT2D eigenvalue weighted by Gasteiger charge is 2.37. The zero-order chi connectivity index (χ0) is 20.7. The third-order valence-corrected chi connectivity index (χ3v) is 5.70. The Kier molecular flexibility index (Phi) is 4.56. The number of urea groups is 1. The molecule has 150 valence electrons. The van der Waals surface area contributed by atoms with Crippen molar-refractivity contribution >= 4 is 45.5 Å². The van der Waals surface area contributed by atoms with Crippen LogP contribution in [0.4, 0.5) is 4.79 Å². The molecule has 0 spiro atoms. The average molecular weight is 400 g/mol. The standard InChI is InChI=1S/C24H20N2O4/c27-22-21(23(28)26(24(29)25-22)14-17-8-5-11-30-17)13-20-18-9-3-1-6-15(18)12-16-7-2-4-10-19(16)20/h1-4,6-7,9-10,12-13,17H,5,8,11,14H2,(H,25,27,29)/b21-13+. The summed E-state index contributed by atoms with van der Waals surface area (Å²) in [6.07, 6.45) is 3.11. The number of carbonyl (C=O) groups excluding carboxylic acids is 3. The molecule has 6 nitrogen and oxygen atoms in total. The van der Waals surface area contributed by atoms with Crippen LogP contribution in [0.1, 0.15) is 18.4 Å². The molecule has 2 aliphatic heterocycles. The Labute approximate surface area is 173 Å². The van der Waals surface area contributed by atoms with Crippen molar-refractivity contribution in [3.05, 3.63) is 65.7 Å². The van der Waals surface area contributed by atoms with E-state index in [1.54, 1.807) is 6.08 Å². The Morgan fingerprint density at radius 1 is 1.00 bits per heavy atom. The largest absolute Gasteiger partial charge is 0.376 e. The Bertz CT molecular complexity index is 1170. The zero-order valence-corrected chi connectivity index (χ0v) is 16.3. The van der Waals surface area contributed by atoms with Gasteiger partial charge in [0, 0.05) is 6.61 Å². The van der Waals surface area contributed by atoms with Crippen LogP contribution in [0.3, 0.4) is 0 Å². The predicted molar refractivity (Wildman–Crippen MR) is 114 cm³/mol. The van der Waals surface area contributed by atoms with Crippen LogP contribution in [0.5, 0.6) is 0 Å². The van der Waals surface area contributed by atoms with Crippen molar-refractivity contribution in [3.8, 4) is 0 Å². The normalized spacial score (nSPS) is 21.1. The average Bonchev–Trinajstić information content (AvgIpc) is 3.26. The number of benzene rings is 3. The number of imide groups is 2. The van der Waals surface area contributed by atoms with Gasteiger partial charge >= 0.3 is 6.03 Å². The number of nitrogens with zero attached hydrogens (tertiary/aromatic N) is 1.